The molecule has 2 N–H and O–H groups in total. The first-order chi connectivity index (χ1) is 6.22. The van der Waals surface area contributed by atoms with Crippen molar-refractivity contribution >= 4 is 43.0 Å². The van der Waals surface area contributed by atoms with Gasteiger partial charge in [0.25, 0.3) is 0 Å². The average molecular weight is 253 g/mol. The van der Waals surface area contributed by atoms with E-state index in [0.717, 1.165) is 14.6 Å². The van der Waals surface area contributed by atoms with Gasteiger partial charge in [-0.3, -0.25) is 0 Å². The molecule has 0 aliphatic carbocycles. The second-order valence-electron chi connectivity index (χ2n) is 2.64. The Kier molecular flexibility index (Phi) is 1.98. The maximum atomic E-state index is 8.82. The van der Waals surface area contributed by atoms with Crippen molar-refractivity contribution in [3.63, 3.8) is 0 Å². The third-order valence-corrected chi connectivity index (χ3v) is 3.32. The monoisotopic (exact) mass is 252 g/mol. The van der Waals surface area contributed by atoms with Crippen LogP contribution in [0.15, 0.2) is 22.0 Å². The van der Waals surface area contributed by atoms with Crippen LogP contribution >= 0.6 is 27.3 Å². The van der Waals surface area contributed by atoms with Gasteiger partial charge < -0.3 is 5.73 Å². The molecule has 13 heavy (non-hydrogen) atoms. The van der Waals surface area contributed by atoms with Crippen molar-refractivity contribution in [2.24, 2.45) is 0 Å². The summed E-state index contributed by atoms with van der Waals surface area (Å²) in [7, 11) is 0. The maximum absolute atomic E-state index is 8.82. The zero-order chi connectivity index (χ0) is 9.42. The van der Waals surface area contributed by atoms with Crippen molar-refractivity contribution in [2.75, 3.05) is 5.73 Å². The summed E-state index contributed by atoms with van der Waals surface area (Å²) in [6.07, 6.45) is 0. The highest BCUT2D eigenvalue weighted by Crippen LogP contribution is 2.33. The molecular weight excluding hydrogens is 248 g/mol. The van der Waals surface area contributed by atoms with Crippen LogP contribution in [-0.2, 0) is 0 Å². The van der Waals surface area contributed by atoms with E-state index in [-0.39, 0.29) is 0 Å². The Labute approximate surface area is 87.7 Å². The first kappa shape index (κ1) is 8.54. The van der Waals surface area contributed by atoms with Crippen LogP contribution in [0.2, 0.25) is 0 Å². The normalized spacial score (nSPS) is 10.2. The van der Waals surface area contributed by atoms with Gasteiger partial charge in [-0.1, -0.05) is 15.9 Å². The van der Waals surface area contributed by atoms with Gasteiger partial charge in [-0.15, -0.1) is 11.3 Å². The Bertz CT molecular complexity index is 510. The van der Waals surface area contributed by atoms with Crippen molar-refractivity contribution in [1.82, 2.24) is 0 Å². The van der Waals surface area contributed by atoms with E-state index < -0.39 is 0 Å². The molecule has 2 rings (SSSR count). The summed E-state index contributed by atoms with van der Waals surface area (Å²) in [5, 5.41) is 11.6. The predicted molar refractivity (Wildman–Crippen MR) is 58.7 cm³/mol. The Morgan fingerprint density at radius 1 is 1.46 bits per heavy atom. The Morgan fingerprint density at radius 3 is 2.92 bits per heavy atom. The van der Waals surface area contributed by atoms with Crippen molar-refractivity contribution in [3.05, 3.63) is 27.5 Å². The van der Waals surface area contributed by atoms with E-state index in [0.29, 0.717) is 11.3 Å². The summed E-state index contributed by atoms with van der Waals surface area (Å²) >= 11 is 4.93. The van der Waals surface area contributed by atoms with Gasteiger partial charge in [-0.05, 0) is 12.1 Å². The van der Waals surface area contributed by atoms with Crippen molar-refractivity contribution in [3.8, 4) is 6.07 Å². The van der Waals surface area contributed by atoms with Crippen LogP contribution in [0.25, 0.3) is 10.1 Å². The van der Waals surface area contributed by atoms with Gasteiger partial charge in [0.2, 0.25) is 0 Å². The van der Waals surface area contributed by atoms with Crippen LogP contribution in [-0.4, -0.2) is 0 Å². The molecule has 2 nitrogen and oxygen atoms in total. The number of rotatable bonds is 0. The largest absolute Gasteiger partial charge is 0.399 e. The average Bonchev–Trinajstić information content (AvgIpc) is 2.47. The van der Waals surface area contributed by atoms with E-state index in [4.69, 9.17) is 11.0 Å². The first-order valence-corrected chi connectivity index (χ1v) is 5.26. The number of halogens is 1. The minimum Gasteiger partial charge on any atom is -0.399 e. The first-order valence-electron chi connectivity index (χ1n) is 3.58. The molecule has 0 saturated heterocycles. The minimum atomic E-state index is 0.701. The number of nitrogen functional groups attached to an aromatic ring is 1. The fourth-order valence-corrected chi connectivity index (χ4v) is 3.00. The number of nitriles is 1. The number of hydrogen-bond acceptors (Lipinski definition) is 3. The van der Waals surface area contributed by atoms with Gasteiger partial charge in [0.05, 0.1) is 5.56 Å². The summed E-state index contributed by atoms with van der Waals surface area (Å²) < 4.78 is 1.93. The van der Waals surface area contributed by atoms with Crippen LogP contribution in [0.3, 0.4) is 0 Å². The SMILES string of the molecule is N#Cc1csc2cc(N)cc(Br)c12. The second kappa shape index (κ2) is 3.02. The van der Waals surface area contributed by atoms with E-state index in [9.17, 15) is 0 Å². The fourth-order valence-electron chi connectivity index (χ4n) is 1.22. The lowest BCUT2D eigenvalue weighted by Gasteiger charge is -1.97. The minimum absolute atomic E-state index is 0.701. The van der Waals surface area contributed by atoms with Gasteiger partial charge in [0.1, 0.15) is 6.07 Å². The third-order valence-electron chi connectivity index (χ3n) is 1.77. The number of anilines is 1. The lowest BCUT2D eigenvalue weighted by atomic mass is 10.2. The van der Waals surface area contributed by atoms with E-state index in [1.54, 1.807) is 0 Å². The lowest BCUT2D eigenvalue weighted by molar-refractivity contribution is 1.51. The molecule has 0 atom stereocenters. The van der Waals surface area contributed by atoms with Crippen LogP contribution < -0.4 is 5.73 Å². The number of thiophene rings is 1. The van der Waals surface area contributed by atoms with Gasteiger partial charge in [0.15, 0.2) is 0 Å². The Morgan fingerprint density at radius 2 is 2.23 bits per heavy atom. The van der Waals surface area contributed by atoms with Crippen LogP contribution in [0.1, 0.15) is 5.56 Å². The van der Waals surface area contributed by atoms with Gasteiger partial charge in [-0.25, -0.2) is 0 Å². The van der Waals surface area contributed by atoms with E-state index in [1.165, 1.54) is 11.3 Å². The zero-order valence-electron chi connectivity index (χ0n) is 6.54. The molecule has 0 fully saturated rings. The van der Waals surface area contributed by atoms with Gasteiger partial charge >= 0.3 is 0 Å². The van der Waals surface area contributed by atoms with Crippen LogP contribution in [0.5, 0.6) is 0 Å². The summed E-state index contributed by atoms with van der Waals surface area (Å²) in [6.45, 7) is 0. The topological polar surface area (TPSA) is 49.8 Å². The molecular formula is C9H5BrN2S. The van der Waals surface area contributed by atoms with Gasteiger partial charge in [-0.2, -0.15) is 5.26 Å². The van der Waals surface area contributed by atoms with E-state index in [1.807, 2.05) is 17.5 Å². The van der Waals surface area contributed by atoms with E-state index in [2.05, 4.69) is 22.0 Å². The zero-order valence-corrected chi connectivity index (χ0v) is 8.95. The molecule has 64 valence electrons. The smallest absolute Gasteiger partial charge is 0.101 e. The number of fused-ring (bicyclic) bond motifs is 1. The molecule has 0 saturated carbocycles. The van der Waals surface area contributed by atoms with Crippen LogP contribution in [0, 0.1) is 11.3 Å². The molecule has 0 unspecified atom stereocenters. The molecule has 1 heterocycles. The molecule has 1 aromatic carbocycles. The van der Waals surface area contributed by atoms with Crippen molar-refractivity contribution < 1.29 is 0 Å². The molecule has 0 radical (unpaired) electrons. The number of nitrogens with zero attached hydrogens (tertiary/aromatic N) is 1. The molecule has 4 heteroatoms. The predicted octanol–water partition coefficient (Wildman–Crippen LogP) is 3.12. The van der Waals surface area contributed by atoms with Crippen molar-refractivity contribution in [1.29, 1.82) is 5.26 Å². The summed E-state index contributed by atoms with van der Waals surface area (Å²) in [5.74, 6) is 0. The number of nitrogens with two attached hydrogens (primary N) is 1. The standard InChI is InChI=1S/C9H5BrN2S/c10-7-1-6(12)2-8-9(7)5(3-11)4-13-8/h1-2,4H,12H2. The molecule has 1 aromatic heterocycles. The van der Waals surface area contributed by atoms with E-state index >= 15 is 0 Å². The van der Waals surface area contributed by atoms with Crippen molar-refractivity contribution in [2.45, 2.75) is 0 Å². The summed E-state index contributed by atoms with van der Waals surface area (Å²) in [4.78, 5) is 0. The molecule has 0 aliphatic heterocycles. The summed E-state index contributed by atoms with van der Waals surface area (Å²) in [5.41, 5.74) is 7.08. The quantitative estimate of drug-likeness (QED) is 0.733. The fraction of sp³-hybridized carbons (Fsp3) is 0. The van der Waals surface area contributed by atoms with Gasteiger partial charge in [0, 0.05) is 25.6 Å². The highest BCUT2D eigenvalue weighted by atomic mass is 79.9. The maximum Gasteiger partial charge on any atom is 0.101 e. The highest BCUT2D eigenvalue weighted by Gasteiger charge is 2.07. The second-order valence-corrected chi connectivity index (χ2v) is 4.40. The van der Waals surface area contributed by atoms with Crippen LogP contribution in [0.4, 0.5) is 5.69 Å². The molecule has 0 amide bonds. The lowest BCUT2D eigenvalue weighted by Crippen LogP contribution is -1.83. The highest BCUT2D eigenvalue weighted by molar-refractivity contribution is 9.10. The Hall–Kier alpha value is -1.05. The number of benzene rings is 1. The molecule has 0 aliphatic rings. The molecule has 0 bridgehead atoms. The summed E-state index contributed by atoms with van der Waals surface area (Å²) in [6, 6.07) is 5.85. The third kappa shape index (κ3) is 1.30. The molecule has 2 aromatic rings. The number of hydrogen-bond donors (Lipinski definition) is 1. The Balaban J connectivity index is 2.92. The molecule has 0 spiro atoms.